The fourth-order valence-corrected chi connectivity index (χ4v) is 3.35. The molecule has 0 unspecified atom stereocenters. The van der Waals surface area contributed by atoms with E-state index in [9.17, 15) is 0 Å². The highest BCUT2D eigenvalue weighted by atomic mass is 32.2. The van der Waals surface area contributed by atoms with Gasteiger partial charge in [-0.25, -0.2) is 0 Å². The molecule has 5 radical (unpaired) electrons. The number of hydrogen-bond acceptors (Lipinski definition) is 4. The van der Waals surface area contributed by atoms with Crippen LogP contribution in [0.25, 0.3) is 0 Å². The van der Waals surface area contributed by atoms with Gasteiger partial charge in [0.25, 0.3) is 0 Å². The minimum Gasteiger partial charge on any atom is -0.185 e. The zero-order valence-corrected chi connectivity index (χ0v) is 12.5. The van der Waals surface area contributed by atoms with E-state index >= 15 is 0 Å². The van der Waals surface area contributed by atoms with E-state index in [1.807, 2.05) is 12.8 Å². The Morgan fingerprint density at radius 3 is 1.95 bits per heavy atom. The first-order valence-corrected chi connectivity index (χ1v) is 8.16. The molecule has 0 bridgehead atoms. The van der Waals surface area contributed by atoms with Crippen molar-refractivity contribution in [2.24, 2.45) is 0 Å². The largest absolute Gasteiger partial charge is 0.185 e. The van der Waals surface area contributed by atoms with Crippen LogP contribution >= 0.6 is 23.5 Å². The second-order valence-electron chi connectivity index (χ2n) is 4.30. The second kappa shape index (κ2) is 8.25. The molecule has 2 nitrogen and oxygen atoms in total. The van der Waals surface area contributed by atoms with E-state index in [-0.39, 0.29) is 5.92 Å². The molecule has 20 heavy (non-hydrogen) atoms. The van der Waals surface area contributed by atoms with Gasteiger partial charge in [-0.05, 0) is 60.3 Å². The van der Waals surface area contributed by atoms with Crippen LogP contribution in [-0.2, 0) is 0 Å². The lowest BCUT2D eigenvalue weighted by atomic mass is 9.94. The van der Waals surface area contributed by atoms with E-state index < -0.39 is 0 Å². The van der Waals surface area contributed by atoms with Crippen molar-refractivity contribution in [3.8, 4) is 10.8 Å². The summed E-state index contributed by atoms with van der Waals surface area (Å²) in [5.74, 6) is 2.89. The fraction of sp³-hybridized carbons (Fsp3) is 0.188. The summed E-state index contributed by atoms with van der Waals surface area (Å²) in [5.41, 5.74) is 2.38. The maximum atomic E-state index is 8.70. The molecule has 1 aromatic rings. The summed E-state index contributed by atoms with van der Waals surface area (Å²) < 4.78 is 0. The standard InChI is InChI=1S/C16H13N2S2/c17-11-19-9-16(10-20-12-18)15-7-5-14(6-8-15)13-3-1-2-4-13/h1-8,16H,9-10H2. The van der Waals surface area contributed by atoms with E-state index in [1.165, 1.54) is 40.6 Å². The Balaban J connectivity index is 2.04. The van der Waals surface area contributed by atoms with Gasteiger partial charge in [0.15, 0.2) is 0 Å². The minimum atomic E-state index is 0.234. The lowest BCUT2D eigenvalue weighted by Gasteiger charge is -2.15. The highest BCUT2D eigenvalue weighted by molar-refractivity contribution is 8.04. The summed E-state index contributed by atoms with van der Waals surface area (Å²) >= 11 is 2.49. The first-order valence-electron chi connectivity index (χ1n) is 6.19. The molecule has 1 fully saturated rings. The van der Waals surface area contributed by atoms with Crippen LogP contribution in [0.1, 0.15) is 17.0 Å². The molecule has 4 heteroatoms. The molecule has 1 saturated carbocycles. The molecule has 2 rings (SSSR count). The Labute approximate surface area is 129 Å². The zero-order chi connectivity index (χ0) is 14.2. The predicted molar refractivity (Wildman–Crippen MR) is 84.9 cm³/mol. The fourth-order valence-electron chi connectivity index (χ4n) is 2.03. The Kier molecular flexibility index (Phi) is 6.30. The van der Waals surface area contributed by atoms with Crippen LogP contribution < -0.4 is 0 Å². The maximum Gasteiger partial charge on any atom is 0.133 e. The highest BCUT2D eigenvalue weighted by Gasteiger charge is 2.19. The van der Waals surface area contributed by atoms with Gasteiger partial charge in [-0.15, -0.1) is 0 Å². The van der Waals surface area contributed by atoms with Crippen LogP contribution in [0.2, 0.25) is 0 Å². The average molecular weight is 297 g/mol. The normalized spacial score (nSPS) is 15.2. The topological polar surface area (TPSA) is 47.6 Å². The Morgan fingerprint density at radius 2 is 1.45 bits per heavy atom. The van der Waals surface area contributed by atoms with Crippen molar-refractivity contribution in [2.45, 2.75) is 5.92 Å². The van der Waals surface area contributed by atoms with Gasteiger partial charge in [-0.1, -0.05) is 24.3 Å². The van der Waals surface area contributed by atoms with E-state index in [4.69, 9.17) is 10.5 Å². The third kappa shape index (κ3) is 4.20. The summed E-state index contributed by atoms with van der Waals surface area (Å²) in [6, 6.07) is 8.41. The van der Waals surface area contributed by atoms with Crippen molar-refractivity contribution in [2.75, 3.05) is 11.5 Å². The minimum absolute atomic E-state index is 0.234. The lowest BCUT2D eigenvalue weighted by molar-refractivity contribution is 0.897. The molecule has 0 amide bonds. The van der Waals surface area contributed by atoms with Crippen molar-refractivity contribution >= 4 is 23.5 Å². The first-order chi connectivity index (χ1) is 9.85. The van der Waals surface area contributed by atoms with Crippen LogP contribution in [0.5, 0.6) is 0 Å². The highest BCUT2D eigenvalue weighted by Crippen LogP contribution is 2.31. The number of nitriles is 2. The van der Waals surface area contributed by atoms with Crippen LogP contribution in [0.15, 0.2) is 24.3 Å². The number of rotatable bonds is 6. The number of hydrogen-bond donors (Lipinski definition) is 0. The van der Waals surface area contributed by atoms with Crippen LogP contribution in [0.4, 0.5) is 0 Å². The first kappa shape index (κ1) is 15.3. The Morgan fingerprint density at radius 1 is 0.900 bits per heavy atom. The van der Waals surface area contributed by atoms with Crippen LogP contribution in [0.3, 0.4) is 0 Å². The van der Waals surface area contributed by atoms with Gasteiger partial charge in [0.1, 0.15) is 10.8 Å². The molecule has 1 aromatic carbocycles. The SMILES string of the molecule is N#CSCC(CSC#N)c1ccc([C]2[CH][CH][CH][CH]2)cc1. The molecule has 0 saturated heterocycles. The van der Waals surface area contributed by atoms with E-state index in [0.29, 0.717) is 0 Å². The van der Waals surface area contributed by atoms with Gasteiger partial charge in [0, 0.05) is 23.3 Å². The summed E-state index contributed by atoms with van der Waals surface area (Å²) in [6.45, 7) is 0. The predicted octanol–water partition coefficient (Wildman–Crippen LogP) is 3.95. The third-order valence-electron chi connectivity index (χ3n) is 3.08. The van der Waals surface area contributed by atoms with Gasteiger partial charge < -0.3 is 0 Å². The molecule has 1 aliphatic rings. The Bertz CT molecular complexity index is 475. The smallest absolute Gasteiger partial charge is 0.133 e. The molecule has 0 spiro atoms. The summed E-state index contributed by atoms with van der Waals surface area (Å²) in [6.07, 6.45) is 8.23. The van der Waals surface area contributed by atoms with E-state index in [1.54, 1.807) is 0 Å². The molecule has 0 atom stereocenters. The van der Waals surface area contributed by atoms with Crippen molar-refractivity contribution < 1.29 is 0 Å². The lowest BCUT2D eigenvalue weighted by Crippen LogP contribution is -2.05. The van der Waals surface area contributed by atoms with Crippen LogP contribution in [-0.4, -0.2) is 11.5 Å². The number of nitrogens with zero attached hydrogens (tertiary/aromatic N) is 2. The van der Waals surface area contributed by atoms with Crippen molar-refractivity contribution in [1.29, 1.82) is 10.5 Å². The van der Waals surface area contributed by atoms with Crippen molar-refractivity contribution in [3.63, 3.8) is 0 Å². The molecule has 1 aliphatic carbocycles. The van der Waals surface area contributed by atoms with Gasteiger partial charge in [-0.3, -0.25) is 0 Å². The third-order valence-corrected chi connectivity index (χ3v) is 4.47. The molecule has 0 N–H and O–H groups in total. The summed E-state index contributed by atoms with van der Waals surface area (Å²) in [4.78, 5) is 0. The van der Waals surface area contributed by atoms with Gasteiger partial charge in [-0.2, -0.15) is 10.5 Å². The van der Waals surface area contributed by atoms with Crippen molar-refractivity contribution in [3.05, 3.63) is 67.0 Å². The van der Waals surface area contributed by atoms with Crippen molar-refractivity contribution in [1.82, 2.24) is 0 Å². The second-order valence-corrected chi connectivity index (χ2v) is 5.91. The zero-order valence-electron chi connectivity index (χ0n) is 10.8. The van der Waals surface area contributed by atoms with Crippen LogP contribution in [0, 0.1) is 52.9 Å². The summed E-state index contributed by atoms with van der Waals surface area (Å²) in [5, 5.41) is 21.6. The number of thioether (sulfide) groups is 2. The molecular formula is C16H13N2S2. The number of thiocyanates is 2. The van der Waals surface area contributed by atoms with Gasteiger partial charge in [0.2, 0.25) is 0 Å². The Hall–Kier alpha value is -1.10. The molecule has 0 aliphatic heterocycles. The van der Waals surface area contributed by atoms with E-state index in [0.717, 1.165) is 11.5 Å². The molecule has 0 aromatic heterocycles. The molecular weight excluding hydrogens is 284 g/mol. The van der Waals surface area contributed by atoms with Gasteiger partial charge in [0.05, 0.1) is 0 Å². The van der Waals surface area contributed by atoms with Gasteiger partial charge >= 0.3 is 0 Å². The quantitative estimate of drug-likeness (QED) is 0.746. The monoisotopic (exact) mass is 297 g/mol. The number of benzene rings is 1. The average Bonchev–Trinajstić information content (AvgIpc) is 3.02. The summed E-state index contributed by atoms with van der Waals surface area (Å²) in [7, 11) is 0. The molecule has 99 valence electrons. The van der Waals surface area contributed by atoms with E-state index in [2.05, 4.69) is 47.9 Å². The maximum absolute atomic E-state index is 8.70. The molecule has 0 heterocycles.